The molecule has 1 aliphatic rings. The van der Waals surface area contributed by atoms with Crippen LogP contribution in [0.25, 0.3) is 0 Å². The number of fused-ring (bicyclic) bond motifs is 1. The van der Waals surface area contributed by atoms with Crippen LogP contribution in [0, 0.1) is 0 Å². The normalized spacial score (nSPS) is 12.5. The van der Waals surface area contributed by atoms with Crippen LogP contribution in [-0.2, 0) is 26.2 Å². The Labute approximate surface area is 201 Å². The van der Waals surface area contributed by atoms with Crippen LogP contribution in [0.15, 0.2) is 71.6 Å². The number of esters is 1. The zero-order chi connectivity index (χ0) is 24.8. The number of primary amides is 1. The highest BCUT2D eigenvalue weighted by Gasteiger charge is 2.20. The second-order valence-corrected chi connectivity index (χ2v) is 9.15. The maximum atomic E-state index is 12.7. The van der Waals surface area contributed by atoms with Gasteiger partial charge in [-0.15, -0.1) is 0 Å². The van der Waals surface area contributed by atoms with E-state index in [9.17, 15) is 18.0 Å². The molecule has 0 radical (unpaired) electrons. The molecule has 0 unspecified atom stereocenters. The highest BCUT2D eigenvalue weighted by Crippen LogP contribution is 2.32. The van der Waals surface area contributed by atoms with Gasteiger partial charge in [-0.1, -0.05) is 12.1 Å². The van der Waals surface area contributed by atoms with Crippen molar-refractivity contribution in [3.05, 3.63) is 77.9 Å². The number of benzene rings is 3. The second kappa shape index (κ2) is 10.3. The van der Waals surface area contributed by atoms with Crippen molar-refractivity contribution in [3.63, 3.8) is 0 Å². The fourth-order valence-electron chi connectivity index (χ4n) is 3.19. The summed E-state index contributed by atoms with van der Waals surface area (Å²) in [5.41, 5.74) is 6.23. The van der Waals surface area contributed by atoms with Crippen LogP contribution in [0.3, 0.4) is 0 Å². The van der Waals surface area contributed by atoms with Gasteiger partial charge >= 0.3 is 5.97 Å². The Morgan fingerprint density at radius 3 is 2.43 bits per heavy atom. The van der Waals surface area contributed by atoms with E-state index in [0.717, 1.165) is 0 Å². The number of anilines is 1. The summed E-state index contributed by atoms with van der Waals surface area (Å²) >= 11 is 0. The molecule has 35 heavy (non-hydrogen) atoms. The fourth-order valence-corrected chi connectivity index (χ4v) is 4.26. The van der Waals surface area contributed by atoms with E-state index in [1.54, 1.807) is 30.3 Å². The van der Waals surface area contributed by atoms with Gasteiger partial charge in [-0.2, -0.15) is 0 Å². The van der Waals surface area contributed by atoms with Crippen LogP contribution in [0.1, 0.15) is 15.9 Å². The Morgan fingerprint density at radius 1 is 0.943 bits per heavy atom. The molecule has 0 bridgehead atoms. The molecule has 0 saturated carbocycles. The molecule has 1 heterocycles. The highest BCUT2D eigenvalue weighted by molar-refractivity contribution is 7.92. The van der Waals surface area contributed by atoms with Gasteiger partial charge in [0.2, 0.25) is 0 Å². The molecule has 4 rings (SSSR count). The molecule has 3 aromatic carbocycles. The second-order valence-electron chi connectivity index (χ2n) is 7.47. The number of sulfonamides is 1. The summed E-state index contributed by atoms with van der Waals surface area (Å²) in [6.45, 7) is 0.471. The number of ether oxygens (including phenoxy) is 4. The number of hydrogen-bond donors (Lipinski definition) is 2. The van der Waals surface area contributed by atoms with Crippen LogP contribution in [0.5, 0.6) is 17.2 Å². The molecule has 11 heteroatoms. The number of amides is 1. The SMILES string of the molecule is NC(=O)COc1cccc(COC(=O)c2ccc(NS(=O)(=O)c3ccc4c(c3)OCCO4)cc2)c1. The van der Waals surface area contributed by atoms with Gasteiger partial charge in [0.1, 0.15) is 25.6 Å². The molecular weight excluding hydrogens is 476 g/mol. The van der Waals surface area contributed by atoms with Crippen LogP contribution < -0.4 is 24.7 Å². The first-order chi connectivity index (χ1) is 16.8. The Bertz CT molecular complexity index is 1340. The smallest absolute Gasteiger partial charge is 0.338 e. The van der Waals surface area contributed by atoms with E-state index in [1.165, 1.54) is 36.4 Å². The standard InChI is InChI=1S/C24H22N2O8S/c25-23(27)15-33-19-3-1-2-16(12-19)14-34-24(28)17-4-6-18(7-5-17)26-35(29,30)20-8-9-21-22(13-20)32-11-10-31-21/h1-9,12-13,26H,10-11,14-15H2,(H2,25,27). The molecule has 1 amide bonds. The molecule has 0 saturated heterocycles. The van der Waals surface area contributed by atoms with E-state index in [4.69, 9.17) is 24.7 Å². The topological polar surface area (TPSA) is 143 Å². The quantitative estimate of drug-likeness (QED) is 0.428. The average molecular weight is 499 g/mol. The van der Waals surface area contributed by atoms with Gasteiger partial charge in [0.25, 0.3) is 15.9 Å². The lowest BCUT2D eigenvalue weighted by Crippen LogP contribution is -2.20. The minimum Gasteiger partial charge on any atom is -0.486 e. The molecule has 0 fully saturated rings. The summed E-state index contributed by atoms with van der Waals surface area (Å²) in [6.07, 6.45) is 0. The summed E-state index contributed by atoms with van der Waals surface area (Å²) in [5.74, 6) is 0.0886. The van der Waals surface area contributed by atoms with Crippen molar-refractivity contribution in [2.75, 3.05) is 24.5 Å². The first kappa shape index (κ1) is 23.9. The third-order valence-corrected chi connectivity index (χ3v) is 6.23. The van der Waals surface area contributed by atoms with Gasteiger partial charge in [0.15, 0.2) is 18.1 Å². The largest absolute Gasteiger partial charge is 0.486 e. The molecule has 182 valence electrons. The molecule has 0 aliphatic carbocycles. The van der Waals surface area contributed by atoms with Gasteiger partial charge < -0.3 is 24.7 Å². The lowest BCUT2D eigenvalue weighted by molar-refractivity contribution is -0.119. The van der Waals surface area contributed by atoms with Crippen LogP contribution in [0.4, 0.5) is 5.69 Å². The summed E-state index contributed by atoms with van der Waals surface area (Å²) in [5, 5.41) is 0. The molecule has 10 nitrogen and oxygen atoms in total. The van der Waals surface area contributed by atoms with Crippen LogP contribution in [-0.4, -0.2) is 40.1 Å². The third-order valence-electron chi connectivity index (χ3n) is 4.85. The molecule has 0 atom stereocenters. The minimum absolute atomic E-state index is 0.0206. The van der Waals surface area contributed by atoms with Crippen molar-refractivity contribution in [3.8, 4) is 17.2 Å². The molecule has 3 aromatic rings. The molecule has 0 aromatic heterocycles. The van der Waals surface area contributed by atoms with E-state index in [0.29, 0.717) is 36.0 Å². The predicted molar refractivity (Wildman–Crippen MR) is 125 cm³/mol. The summed E-state index contributed by atoms with van der Waals surface area (Å²) in [7, 11) is -3.88. The van der Waals surface area contributed by atoms with Crippen molar-refractivity contribution in [1.29, 1.82) is 0 Å². The molecule has 0 spiro atoms. The van der Waals surface area contributed by atoms with Gasteiger partial charge in [0, 0.05) is 11.8 Å². The maximum absolute atomic E-state index is 12.7. The van der Waals surface area contributed by atoms with E-state index < -0.39 is 21.9 Å². The first-order valence-corrected chi connectivity index (χ1v) is 12.0. The summed E-state index contributed by atoms with van der Waals surface area (Å²) in [4.78, 5) is 23.2. The van der Waals surface area contributed by atoms with Gasteiger partial charge in [-0.3, -0.25) is 9.52 Å². The van der Waals surface area contributed by atoms with E-state index >= 15 is 0 Å². The highest BCUT2D eigenvalue weighted by atomic mass is 32.2. The van der Waals surface area contributed by atoms with E-state index in [-0.39, 0.29) is 29.4 Å². The number of hydrogen-bond acceptors (Lipinski definition) is 8. The number of carbonyl (C=O) groups excluding carboxylic acids is 2. The lowest BCUT2D eigenvalue weighted by atomic mass is 10.2. The fraction of sp³-hybridized carbons (Fsp3) is 0.167. The lowest BCUT2D eigenvalue weighted by Gasteiger charge is -2.19. The van der Waals surface area contributed by atoms with Gasteiger partial charge in [0.05, 0.1) is 10.5 Å². The van der Waals surface area contributed by atoms with E-state index in [1.807, 2.05) is 0 Å². The summed E-state index contributed by atoms with van der Waals surface area (Å²) in [6, 6.07) is 16.9. The van der Waals surface area contributed by atoms with Crippen LogP contribution >= 0.6 is 0 Å². The van der Waals surface area contributed by atoms with Crippen molar-refractivity contribution < 1.29 is 37.0 Å². The molecule has 1 aliphatic heterocycles. The Hall–Kier alpha value is -4.25. The maximum Gasteiger partial charge on any atom is 0.338 e. The first-order valence-electron chi connectivity index (χ1n) is 10.5. The van der Waals surface area contributed by atoms with Gasteiger partial charge in [-0.05, 0) is 54.1 Å². The third kappa shape index (κ3) is 6.21. The zero-order valence-corrected chi connectivity index (χ0v) is 19.2. The number of rotatable bonds is 9. The minimum atomic E-state index is -3.88. The number of nitrogens with two attached hydrogens (primary N) is 1. The Morgan fingerprint density at radius 2 is 1.69 bits per heavy atom. The van der Waals surface area contributed by atoms with Crippen molar-refractivity contribution >= 4 is 27.6 Å². The van der Waals surface area contributed by atoms with Gasteiger partial charge in [-0.25, -0.2) is 13.2 Å². The molecule has 3 N–H and O–H groups in total. The Balaban J connectivity index is 1.36. The number of carbonyl (C=O) groups is 2. The van der Waals surface area contributed by atoms with Crippen molar-refractivity contribution in [1.82, 2.24) is 0 Å². The van der Waals surface area contributed by atoms with Crippen LogP contribution in [0.2, 0.25) is 0 Å². The average Bonchev–Trinajstić information content (AvgIpc) is 2.86. The zero-order valence-electron chi connectivity index (χ0n) is 18.4. The predicted octanol–water partition coefficient (Wildman–Crippen LogP) is 2.48. The van der Waals surface area contributed by atoms with Crippen molar-refractivity contribution in [2.24, 2.45) is 5.73 Å². The summed E-state index contributed by atoms with van der Waals surface area (Å²) < 4.78 is 49.3. The van der Waals surface area contributed by atoms with E-state index in [2.05, 4.69) is 4.72 Å². The Kier molecular flexibility index (Phi) is 7.06. The monoisotopic (exact) mass is 498 g/mol. The van der Waals surface area contributed by atoms with Crippen molar-refractivity contribution in [2.45, 2.75) is 11.5 Å². The number of nitrogens with one attached hydrogen (secondary N) is 1. The molecular formula is C24H22N2O8S.